The average Bonchev–Trinajstić information content (AvgIpc) is 2.35. The first-order valence-electron chi connectivity index (χ1n) is 6.42. The third-order valence-electron chi connectivity index (χ3n) is 2.89. The van der Waals surface area contributed by atoms with Gasteiger partial charge in [-0.05, 0) is 18.1 Å². The molecule has 114 valence electrons. The largest absolute Gasteiger partial charge is 0.326 e. The molecule has 0 unspecified atom stereocenters. The van der Waals surface area contributed by atoms with Crippen molar-refractivity contribution in [2.45, 2.75) is 32.2 Å². The summed E-state index contributed by atoms with van der Waals surface area (Å²) in [6.45, 7) is 5.50. The van der Waals surface area contributed by atoms with Crippen LogP contribution in [0.3, 0.4) is 0 Å². The number of rotatable bonds is 6. The van der Waals surface area contributed by atoms with Gasteiger partial charge in [-0.25, -0.2) is 17.2 Å². The maximum atomic E-state index is 14.1. The maximum absolute atomic E-state index is 14.1. The van der Waals surface area contributed by atoms with E-state index in [1.54, 1.807) is 6.92 Å². The van der Waals surface area contributed by atoms with E-state index in [-0.39, 0.29) is 19.0 Å². The lowest BCUT2D eigenvalue weighted by Crippen LogP contribution is -2.34. The van der Waals surface area contributed by atoms with Crippen LogP contribution in [0.15, 0.2) is 17.0 Å². The molecule has 1 aromatic rings. The van der Waals surface area contributed by atoms with Gasteiger partial charge in [0.15, 0.2) is 5.82 Å². The predicted molar refractivity (Wildman–Crippen MR) is 73.5 cm³/mol. The van der Waals surface area contributed by atoms with Crippen LogP contribution >= 0.6 is 0 Å². The number of sulfonamides is 1. The van der Waals surface area contributed by atoms with Crippen LogP contribution in [-0.2, 0) is 16.6 Å². The van der Waals surface area contributed by atoms with Gasteiger partial charge in [0.1, 0.15) is 10.7 Å². The molecule has 0 spiro atoms. The summed E-state index contributed by atoms with van der Waals surface area (Å²) >= 11 is 0. The van der Waals surface area contributed by atoms with Crippen molar-refractivity contribution in [3.8, 4) is 0 Å². The van der Waals surface area contributed by atoms with Gasteiger partial charge in [-0.15, -0.1) is 0 Å². The standard InChI is InChI=1S/C13H20F2N2O2S/c1-4-17(8-9(2)3)20(18,19)12-6-5-11(14)10(7-16)13(12)15/h5-6,9H,4,7-8,16H2,1-3H3. The lowest BCUT2D eigenvalue weighted by molar-refractivity contribution is 0.378. The Hall–Kier alpha value is -1.05. The zero-order valence-corrected chi connectivity index (χ0v) is 12.7. The van der Waals surface area contributed by atoms with Crippen molar-refractivity contribution >= 4 is 10.0 Å². The monoisotopic (exact) mass is 306 g/mol. The van der Waals surface area contributed by atoms with Crippen molar-refractivity contribution in [3.63, 3.8) is 0 Å². The molecule has 4 nitrogen and oxygen atoms in total. The van der Waals surface area contributed by atoms with E-state index in [0.29, 0.717) is 0 Å². The predicted octanol–water partition coefficient (Wildman–Crippen LogP) is 2.09. The molecule has 20 heavy (non-hydrogen) atoms. The van der Waals surface area contributed by atoms with Gasteiger partial charge in [0, 0.05) is 25.2 Å². The molecule has 0 heterocycles. The second kappa shape index (κ2) is 6.60. The molecule has 0 aromatic heterocycles. The minimum Gasteiger partial charge on any atom is -0.326 e. The fourth-order valence-corrected chi connectivity index (χ4v) is 3.61. The number of hydrogen-bond donors (Lipinski definition) is 1. The highest BCUT2D eigenvalue weighted by Crippen LogP contribution is 2.24. The summed E-state index contributed by atoms with van der Waals surface area (Å²) in [5.41, 5.74) is 4.85. The number of hydrogen-bond acceptors (Lipinski definition) is 3. The van der Waals surface area contributed by atoms with Crippen LogP contribution < -0.4 is 5.73 Å². The molecule has 0 atom stereocenters. The number of halogens is 2. The summed E-state index contributed by atoms with van der Waals surface area (Å²) < 4.78 is 53.5. The summed E-state index contributed by atoms with van der Waals surface area (Å²) in [7, 11) is -3.99. The number of benzene rings is 1. The molecule has 0 radical (unpaired) electrons. The SMILES string of the molecule is CCN(CC(C)C)S(=O)(=O)c1ccc(F)c(CN)c1F. The zero-order valence-electron chi connectivity index (χ0n) is 11.9. The topological polar surface area (TPSA) is 63.4 Å². The third-order valence-corrected chi connectivity index (χ3v) is 4.85. The Labute approximate surface area is 118 Å². The number of nitrogens with two attached hydrogens (primary N) is 1. The summed E-state index contributed by atoms with van der Waals surface area (Å²) in [5.74, 6) is -1.84. The Bertz CT molecular complexity index is 574. The Morgan fingerprint density at radius 3 is 2.35 bits per heavy atom. The van der Waals surface area contributed by atoms with Gasteiger partial charge in [-0.2, -0.15) is 4.31 Å². The van der Waals surface area contributed by atoms with Crippen LogP contribution in [0.5, 0.6) is 0 Å². The molecule has 0 fully saturated rings. The second-order valence-electron chi connectivity index (χ2n) is 4.89. The second-order valence-corrected chi connectivity index (χ2v) is 6.80. The van der Waals surface area contributed by atoms with E-state index in [1.165, 1.54) is 4.31 Å². The van der Waals surface area contributed by atoms with E-state index in [4.69, 9.17) is 5.73 Å². The molecular formula is C13H20F2N2O2S. The Morgan fingerprint density at radius 1 is 1.30 bits per heavy atom. The van der Waals surface area contributed by atoms with Gasteiger partial charge >= 0.3 is 0 Å². The molecule has 1 rings (SSSR count). The van der Waals surface area contributed by atoms with Gasteiger partial charge in [-0.3, -0.25) is 0 Å². The minimum atomic E-state index is -3.99. The van der Waals surface area contributed by atoms with Crippen LogP contribution in [0.2, 0.25) is 0 Å². The normalized spacial score (nSPS) is 12.4. The van der Waals surface area contributed by atoms with Gasteiger partial charge in [-0.1, -0.05) is 20.8 Å². The molecule has 0 aliphatic heterocycles. The molecule has 1 aromatic carbocycles. The molecule has 0 aliphatic rings. The van der Waals surface area contributed by atoms with Gasteiger partial charge in [0.2, 0.25) is 10.0 Å². The van der Waals surface area contributed by atoms with Crippen molar-refractivity contribution in [2.75, 3.05) is 13.1 Å². The van der Waals surface area contributed by atoms with Crippen LogP contribution in [0.25, 0.3) is 0 Å². The smallest absolute Gasteiger partial charge is 0.245 e. The minimum absolute atomic E-state index is 0.0993. The molecule has 0 amide bonds. The van der Waals surface area contributed by atoms with Crippen LogP contribution in [-0.4, -0.2) is 25.8 Å². The van der Waals surface area contributed by atoms with Crippen LogP contribution in [0, 0.1) is 17.6 Å². The van der Waals surface area contributed by atoms with Crippen molar-refractivity contribution in [1.82, 2.24) is 4.31 Å². The van der Waals surface area contributed by atoms with Crippen molar-refractivity contribution in [3.05, 3.63) is 29.3 Å². The Kier molecular flexibility index (Phi) is 5.61. The van der Waals surface area contributed by atoms with Crippen molar-refractivity contribution in [1.29, 1.82) is 0 Å². The first-order valence-corrected chi connectivity index (χ1v) is 7.86. The summed E-state index contributed by atoms with van der Waals surface area (Å²) in [6.07, 6.45) is 0. The van der Waals surface area contributed by atoms with E-state index < -0.39 is 38.7 Å². The number of nitrogens with zero attached hydrogens (tertiary/aromatic N) is 1. The highest BCUT2D eigenvalue weighted by atomic mass is 32.2. The molecule has 0 aliphatic carbocycles. The Morgan fingerprint density at radius 2 is 1.90 bits per heavy atom. The van der Waals surface area contributed by atoms with Gasteiger partial charge < -0.3 is 5.73 Å². The van der Waals surface area contributed by atoms with Gasteiger partial charge in [0.05, 0.1) is 0 Å². The third kappa shape index (κ3) is 3.34. The fourth-order valence-electron chi connectivity index (χ4n) is 1.91. The first kappa shape index (κ1) is 17.0. The van der Waals surface area contributed by atoms with E-state index >= 15 is 0 Å². The van der Waals surface area contributed by atoms with Gasteiger partial charge in [0.25, 0.3) is 0 Å². The lowest BCUT2D eigenvalue weighted by Gasteiger charge is -2.23. The maximum Gasteiger partial charge on any atom is 0.245 e. The molecule has 2 N–H and O–H groups in total. The zero-order chi connectivity index (χ0) is 15.5. The lowest BCUT2D eigenvalue weighted by atomic mass is 10.2. The van der Waals surface area contributed by atoms with Crippen LogP contribution in [0.1, 0.15) is 26.3 Å². The van der Waals surface area contributed by atoms with Crippen molar-refractivity contribution < 1.29 is 17.2 Å². The van der Waals surface area contributed by atoms with E-state index in [1.807, 2.05) is 13.8 Å². The van der Waals surface area contributed by atoms with Crippen LogP contribution in [0.4, 0.5) is 8.78 Å². The van der Waals surface area contributed by atoms with E-state index in [2.05, 4.69) is 0 Å². The summed E-state index contributed by atoms with van der Waals surface area (Å²) in [4.78, 5) is -0.526. The average molecular weight is 306 g/mol. The fraction of sp³-hybridized carbons (Fsp3) is 0.538. The molecule has 0 saturated carbocycles. The van der Waals surface area contributed by atoms with Crippen molar-refractivity contribution in [2.24, 2.45) is 11.7 Å². The van der Waals surface area contributed by atoms with E-state index in [0.717, 1.165) is 12.1 Å². The molecular weight excluding hydrogens is 286 g/mol. The summed E-state index contributed by atoms with van der Waals surface area (Å²) in [6, 6.07) is 1.88. The Balaban J connectivity index is 3.35. The van der Waals surface area contributed by atoms with E-state index in [9.17, 15) is 17.2 Å². The highest BCUT2D eigenvalue weighted by Gasteiger charge is 2.28. The first-order chi connectivity index (χ1) is 9.25. The highest BCUT2D eigenvalue weighted by molar-refractivity contribution is 7.89. The molecule has 0 bridgehead atoms. The molecule has 7 heteroatoms. The molecule has 0 saturated heterocycles. The summed E-state index contributed by atoms with van der Waals surface area (Å²) in [5, 5.41) is 0. The quantitative estimate of drug-likeness (QED) is 0.875.